The van der Waals surface area contributed by atoms with Crippen molar-refractivity contribution in [3.05, 3.63) is 23.8 Å². The first-order valence-electron chi connectivity index (χ1n) is 8.35. The number of nitrogens with zero attached hydrogens (tertiary/aromatic N) is 3. The lowest BCUT2D eigenvalue weighted by atomic mass is 10.0. The lowest BCUT2D eigenvalue weighted by Gasteiger charge is -2.33. The minimum absolute atomic E-state index is 0.0482. The summed E-state index contributed by atoms with van der Waals surface area (Å²) in [6.45, 7) is 6.41. The second-order valence-corrected chi connectivity index (χ2v) is 6.60. The molecule has 1 aliphatic heterocycles. The highest BCUT2D eigenvalue weighted by molar-refractivity contribution is 5.97. The number of rotatable bonds is 5. The smallest absolute Gasteiger partial charge is 0.254 e. The van der Waals surface area contributed by atoms with Crippen molar-refractivity contribution >= 4 is 16.9 Å². The van der Waals surface area contributed by atoms with Crippen LogP contribution in [0.2, 0.25) is 0 Å². The summed E-state index contributed by atoms with van der Waals surface area (Å²) in [5.74, 6) is 0.762. The quantitative estimate of drug-likeness (QED) is 0.920. The van der Waals surface area contributed by atoms with E-state index in [2.05, 4.69) is 29.3 Å². The number of carbonyl (C=O) groups is 1. The molecule has 0 radical (unpaired) electrons. The van der Waals surface area contributed by atoms with Gasteiger partial charge >= 0.3 is 0 Å². The van der Waals surface area contributed by atoms with E-state index in [1.807, 2.05) is 17.0 Å². The van der Waals surface area contributed by atoms with Gasteiger partial charge in [0.25, 0.3) is 5.91 Å². The first kappa shape index (κ1) is 15.9. The molecule has 6 heteroatoms. The molecule has 124 valence electrons. The van der Waals surface area contributed by atoms with Gasteiger partial charge in [0.2, 0.25) is 0 Å². The van der Waals surface area contributed by atoms with E-state index >= 15 is 0 Å². The molecule has 0 bridgehead atoms. The van der Waals surface area contributed by atoms with Crippen molar-refractivity contribution in [2.45, 2.75) is 39.2 Å². The van der Waals surface area contributed by atoms with Crippen LogP contribution in [0, 0.1) is 5.92 Å². The highest BCUT2D eigenvalue weighted by atomic mass is 16.5. The largest absolute Gasteiger partial charge is 0.375 e. The molecule has 23 heavy (non-hydrogen) atoms. The van der Waals surface area contributed by atoms with Crippen molar-refractivity contribution in [3.8, 4) is 0 Å². The molecule has 3 rings (SSSR count). The molecule has 1 aliphatic rings. The maximum absolute atomic E-state index is 12.7. The maximum atomic E-state index is 12.7. The Morgan fingerprint density at radius 3 is 3.04 bits per heavy atom. The fraction of sp³-hybridized carbons (Fsp3) is 0.588. The molecule has 2 aromatic rings. The highest BCUT2D eigenvalue weighted by Crippen LogP contribution is 2.18. The number of ether oxygens (including phenoxy) is 1. The third-order valence-corrected chi connectivity index (χ3v) is 4.30. The van der Waals surface area contributed by atoms with Crippen molar-refractivity contribution in [2.75, 3.05) is 19.7 Å². The molecule has 1 aromatic heterocycles. The second kappa shape index (κ2) is 7.08. The molecule has 1 amide bonds. The van der Waals surface area contributed by atoms with Gasteiger partial charge in [-0.05, 0) is 30.5 Å². The standard InChI is InChI=1S/C17H24N4O2/c1-12(2)4-3-5-14-11-21(8-9-23-14)17(22)13-6-7-15-16(10-13)19-20-18-15/h6-7,10,12,14H,3-5,8-9,11H2,1-2H3,(H,18,19,20). The Kier molecular flexibility index (Phi) is 4.91. The molecule has 2 heterocycles. The van der Waals surface area contributed by atoms with Gasteiger partial charge in [0, 0.05) is 18.7 Å². The van der Waals surface area contributed by atoms with Crippen molar-refractivity contribution in [3.63, 3.8) is 0 Å². The number of fused-ring (bicyclic) bond motifs is 1. The van der Waals surface area contributed by atoms with Crippen LogP contribution >= 0.6 is 0 Å². The number of amides is 1. The number of morpholine rings is 1. The maximum Gasteiger partial charge on any atom is 0.254 e. The predicted octanol–water partition coefficient (Wildman–Crippen LogP) is 2.63. The Morgan fingerprint density at radius 2 is 2.22 bits per heavy atom. The van der Waals surface area contributed by atoms with Gasteiger partial charge < -0.3 is 9.64 Å². The Morgan fingerprint density at radius 1 is 1.39 bits per heavy atom. The van der Waals surface area contributed by atoms with Crippen molar-refractivity contribution in [1.82, 2.24) is 20.3 Å². The van der Waals surface area contributed by atoms with Gasteiger partial charge in [0.05, 0.1) is 12.7 Å². The first-order chi connectivity index (χ1) is 11.1. The minimum Gasteiger partial charge on any atom is -0.375 e. The van der Waals surface area contributed by atoms with Gasteiger partial charge in [-0.3, -0.25) is 4.79 Å². The third kappa shape index (κ3) is 3.88. The summed E-state index contributed by atoms with van der Waals surface area (Å²) in [5, 5.41) is 10.6. The lowest BCUT2D eigenvalue weighted by Crippen LogP contribution is -2.45. The fourth-order valence-corrected chi connectivity index (χ4v) is 2.99. The van der Waals surface area contributed by atoms with Gasteiger partial charge in [0.15, 0.2) is 0 Å². The average Bonchev–Trinajstić information content (AvgIpc) is 3.01. The van der Waals surface area contributed by atoms with Crippen LogP contribution in [0.5, 0.6) is 0 Å². The zero-order valence-electron chi connectivity index (χ0n) is 13.8. The van der Waals surface area contributed by atoms with E-state index in [-0.39, 0.29) is 12.0 Å². The molecule has 1 atom stereocenters. The van der Waals surface area contributed by atoms with Crippen LogP contribution in [0.15, 0.2) is 18.2 Å². The van der Waals surface area contributed by atoms with Crippen LogP contribution < -0.4 is 0 Å². The number of H-pyrrole nitrogens is 1. The van der Waals surface area contributed by atoms with E-state index in [0.29, 0.717) is 31.2 Å². The van der Waals surface area contributed by atoms with E-state index < -0.39 is 0 Å². The van der Waals surface area contributed by atoms with Crippen LogP contribution in [-0.2, 0) is 4.74 Å². The van der Waals surface area contributed by atoms with Crippen molar-refractivity contribution in [2.24, 2.45) is 5.92 Å². The summed E-state index contributed by atoms with van der Waals surface area (Å²) in [6, 6.07) is 5.44. The molecule has 1 fully saturated rings. The summed E-state index contributed by atoms with van der Waals surface area (Å²) in [5.41, 5.74) is 2.15. The molecule has 1 aromatic carbocycles. The number of carbonyl (C=O) groups excluding carboxylic acids is 1. The molecule has 0 aliphatic carbocycles. The second-order valence-electron chi connectivity index (χ2n) is 6.60. The van der Waals surface area contributed by atoms with E-state index in [1.54, 1.807) is 6.07 Å². The molecule has 0 spiro atoms. The van der Waals surface area contributed by atoms with Crippen LogP contribution in [0.3, 0.4) is 0 Å². The van der Waals surface area contributed by atoms with Crippen LogP contribution in [0.1, 0.15) is 43.5 Å². The summed E-state index contributed by atoms with van der Waals surface area (Å²) < 4.78 is 5.81. The summed E-state index contributed by atoms with van der Waals surface area (Å²) in [6.07, 6.45) is 3.53. The number of hydrogen-bond donors (Lipinski definition) is 1. The number of aromatic nitrogens is 3. The Balaban J connectivity index is 1.62. The summed E-state index contributed by atoms with van der Waals surface area (Å²) in [7, 11) is 0. The average molecular weight is 316 g/mol. The molecular formula is C17H24N4O2. The molecule has 0 saturated carbocycles. The van der Waals surface area contributed by atoms with Gasteiger partial charge in [-0.2, -0.15) is 15.4 Å². The third-order valence-electron chi connectivity index (χ3n) is 4.30. The van der Waals surface area contributed by atoms with Crippen LogP contribution in [-0.4, -0.2) is 52.0 Å². The van der Waals surface area contributed by atoms with Gasteiger partial charge in [-0.15, -0.1) is 0 Å². The number of hydrogen-bond acceptors (Lipinski definition) is 4. The zero-order valence-corrected chi connectivity index (χ0v) is 13.8. The molecule has 1 saturated heterocycles. The molecule has 1 N–H and O–H groups in total. The number of benzene rings is 1. The number of aromatic amines is 1. The van der Waals surface area contributed by atoms with E-state index in [1.165, 1.54) is 6.42 Å². The van der Waals surface area contributed by atoms with Gasteiger partial charge in [-0.25, -0.2) is 0 Å². The van der Waals surface area contributed by atoms with E-state index in [0.717, 1.165) is 23.9 Å². The topological polar surface area (TPSA) is 71.1 Å². The highest BCUT2D eigenvalue weighted by Gasteiger charge is 2.25. The van der Waals surface area contributed by atoms with Gasteiger partial charge in [0.1, 0.15) is 11.0 Å². The summed E-state index contributed by atoms with van der Waals surface area (Å²) >= 11 is 0. The van der Waals surface area contributed by atoms with Crippen molar-refractivity contribution in [1.29, 1.82) is 0 Å². The molecule has 1 unspecified atom stereocenters. The van der Waals surface area contributed by atoms with E-state index in [9.17, 15) is 4.79 Å². The van der Waals surface area contributed by atoms with Crippen LogP contribution in [0.4, 0.5) is 0 Å². The molecule has 6 nitrogen and oxygen atoms in total. The molecular weight excluding hydrogens is 292 g/mol. The fourth-order valence-electron chi connectivity index (χ4n) is 2.99. The Labute approximate surface area is 136 Å². The van der Waals surface area contributed by atoms with Crippen molar-refractivity contribution < 1.29 is 9.53 Å². The van der Waals surface area contributed by atoms with Crippen LogP contribution in [0.25, 0.3) is 11.0 Å². The lowest BCUT2D eigenvalue weighted by molar-refractivity contribution is -0.0260. The zero-order chi connectivity index (χ0) is 16.2. The predicted molar refractivity (Wildman–Crippen MR) is 88.2 cm³/mol. The van der Waals surface area contributed by atoms with E-state index in [4.69, 9.17) is 4.74 Å². The normalized spacial score (nSPS) is 18.7. The SMILES string of the molecule is CC(C)CCCC1CN(C(=O)c2ccc3n[nH]nc3c2)CCO1. The Bertz CT molecular complexity index is 667. The Hall–Kier alpha value is -1.95. The minimum atomic E-state index is 0.0482. The first-order valence-corrected chi connectivity index (χ1v) is 8.35. The number of nitrogens with one attached hydrogen (secondary N) is 1. The summed E-state index contributed by atoms with van der Waals surface area (Å²) in [4.78, 5) is 14.6. The monoisotopic (exact) mass is 316 g/mol. The van der Waals surface area contributed by atoms with Gasteiger partial charge in [-0.1, -0.05) is 26.7 Å².